The van der Waals surface area contributed by atoms with Crippen LogP contribution < -0.4 is 5.32 Å². The van der Waals surface area contributed by atoms with Gasteiger partial charge in [0.1, 0.15) is 6.04 Å². The maximum atomic E-state index is 11.9. The van der Waals surface area contributed by atoms with Gasteiger partial charge in [-0.25, -0.2) is 0 Å². The molecule has 0 rings (SSSR count). The molecule has 120 valence electrons. The number of hydrogen-bond donors (Lipinski definition) is 1. The second-order valence-electron chi connectivity index (χ2n) is 6.10. The second-order valence-corrected chi connectivity index (χ2v) is 6.10. The van der Waals surface area contributed by atoms with E-state index in [2.05, 4.69) is 33.0 Å². The number of methoxy groups -OCH3 is 1. The summed E-state index contributed by atoms with van der Waals surface area (Å²) in [5.74, 6) is 0.137. The Morgan fingerprint density at radius 3 is 1.85 bits per heavy atom. The van der Waals surface area contributed by atoms with Crippen LogP contribution in [0.15, 0.2) is 0 Å². The molecule has 0 spiro atoms. The molecule has 0 aliphatic carbocycles. The minimum atomic E-state index is -0.173. The Morgan fingerprint density at radius 2 is 1.50 bits per heavy atom. The maximum absolute atomic E-state index is 11.9. The zero-order chi connectivity index (χ0) is 15.4. The highest BCUT2D eigenvalue weighted by atomic mass is 16.5. The Bertz CT molecular complexity index is 231. The summed E-state index contributed by atoms with van der Waals surface area (Å²) in [4.78, 5) is 11.9. The van der Waals surface area contributed by atoms with Crippen molar-refractivity contribution in [3.05, 3.63) is 0 Å². The molecule has 0 aliphatic rings. The summed E-state index contributed by atoms with van der Waals surface area (Å²) in [6.45, 7) is 8.60. The van der Waals surface area contributed by atoms with E-state index < -0.39 is 0 Å². The molecular weight excluding hydrogens is 250 g/mol. The van der Waals surface area contributed by atoms with E-state index in [9.17, 15) is 4.79 Å². The molecule has 3 nitrogen and oxygen atoms in total. The van der Waals surface area contributed by atoms with Crippen molar-refractivity contribution in [2.75, 3.05) is 7.11 Å². The van der Waals surface area contributed by atoms with Crippen LogP contribution in [-0.4, -0.2) is 25.2 Å². The Balaban J connectivity index is 4.43. The molecule has 0 saturated heterocycles. The quantitative estimate of drug-likeness (QED) is 0.429. The van der Waals surface area contributed by atoms with Gasteiger partial charge in [-0.05, 0) is 18.8 Å². The van der Waals surface area contributed by atoms with Gasteiger partial charge in [0, 0.05) is 6.04 Å². The highest BCUT2D eigenvalue weighted by Gasteiger charge is 2.25. The molecule has 0 aromatic carbocycles. The van der Waals surface area contributed by atoms with Gasteiger partial charge in [0.2, 0.25) is 0 Å². The van der Waals surface area contributed by atoms with E-state index in [1.54, 1.807) is 0 Å². The molecule has 0 saturated carbocycles. The SMILES string of the molecule is CCCCCC(CCCCC)NC(C(=O)OC)C(C)C. The first-order chi connectivity index (χ1) is 9.56. The summed E-state index contributed by atoms with van der Waals surface area (Å²) in [5.41, 5.74) is 0. The molecule has 0 amide bonds. The van der Waals surface area contributed by atoms with Crippen molar-refractivity contribution in [3.63, 3.8) is 0 Å². The second kappa shape index (κ2) is 12.2. The first-order valence-corrected chi connectivity index (χ1v) is 8.40. The van der Waals surface area contributed by atoms with E-state index in [1.807, 2.05) is 0 Å². The van der Waals surface area contributed by atoms with E-state index in [0.717, 1.165) is 12.8 Å². The summed E-state index contributed by atoms with van der Waals surface area (Å²) in [6, 6.07) is 0.271. The van der Waals surface area contributed by atoms with Gasteiger partial charge in [-0.3, -0.25) is 4.79 Å². The van der Waals surface area contributed by atoms with Crippen LogP contribution in [0.25, 0.3) is 0 Å². The summed E-state index contributed by atoms with van der Waals surface area (Å²) in [6.07, 6.45) is 9.85. The Labute approximate surface area is 125 Å². The standard InChI is InChI=1S/C17H35NO2/c1-6-8-10-12-15(13-11-9-7-2)18-16(14(3)4)17(19)20-5/h14-16,18H,6-13H2,1-5H3. The van der Waals surface area contributed by atoms with E-state index in [-0.39, 0.29) is 17.9 Å². The third kappa shape index (κ3) is 8.57. The fourth-order valence-corrected chi connectivity index (χ4v) is 2.51. The van der Waals surface area contributed by atoms with Gasteiger partial charge in [0.15, 0.2) is 0 Å². The van der Waals surface area contributed by atoms with Gasteiger partial charge < -0.3 is 10.1 Å². The fraction of sp³-hybridized carbons (Fsp3) is 0.941. The largest absolute Gasteiger partial charge is 0.468 e. The number of ether oxygens (including phenoxy) is 1. The third-order valence-corrected chi connectivity index (χ3v) is 3.85. The molecular formula is C17H35NO2. The van der Waals surface area contributed by atoms with Crippen molar-refractivity contribution in [1.29, 1.82) is 0 Å². The molecule has 20 heavy (non-hydrogen) atoms. The molecule has 0 bridgehead atoms. The average Bonchev–Trinajstić information content (AvgIpc) is 2.43. The minimum Gasteiger partial charge on any atom is -0.468 e. The summed E-state index contributed by atoms with van der Waals surface area (Å²) in [7, 11) is 1.47. The number of rotatable bonds is 12. The third-order valence-electron chi connectivity index (χ3n) is 3.85. The predicted molar refractivity (Wildman–Crippen MR) is 85.8 cm³/mol. The molecule has 0 heterocycles. The first-order valence-electron chi connectivity index (χ1n) is 8.40. The van der Waals surface area contributed by atoms with Crippen molar-refractivity contribution in [2.45, 2.75) is 91.1 Å². The van der Waals surface area contributed by atoms with Crippen molar-refractivity contribution >= 4 is 5.97 Å². The molecule has 1 N–H and O–H groups in total. The topological polar surface area (TPSA) is 38.3 Å². The van der Waals surface area contributed by atoms with Gasteiger partial charge in [0.25, 0.3) is 0 Å². The molecule has 0 aromatic rings. The van der Waals surface area contributed by atoms with Gasteiger partial charge in [-0.15, -0.1) is 0 Å². The molecule has 0 fully saturated rings. The minimum absolute atomic E-state index is 0.129. The number of carbonyl (C=O) groups is 1. The van der Waals surface area contributed by atoms with Gasteiger partial charge in [0.05, 0.1) is 7.11 Å². The first kappa shape index (κ1) is 19.4. The van der Waals surface area contributed by atoms with Crippen molar-refractivity contribution in [2.24, 2.45) is 5.92 Å². The van der Waals surface area contributed by atoms with Crippen molar-refractivity contribution in [3.8, 4) is 0 Å². The average molecular weight is 285 g/mol. The summed E-state index contributed by atoms with van der Waals surface area (Å²) < 4.78 is 4.92. The fourth-order valence-electron chi connectivity index (χ4n) is 2.51. The zero-order valence-corrected chi connectivity index (χ0v) is 14.2. The molecule has 1 atom stereocenters. The van der Waals surface area contributed by atoms with Crippen LogP contribution in [0.1, 0.15) is 79.1 Å². The normalized spacial score (nSPS) is 12.9. The smallest absolute Gasteiger partial charge is 0.323 e. The zero-order valence-electron chi connectivity index (χ0n) is 14.2. The van der Waals surface area contributed by atoms with E-state index in [4.69, 9.17) is 4.74 Å². The summed E-state index contributed by atoms with van der Waals surface area (Å²) in [5, 5.41) is 3.55. The van der Waals surface area contributed by atoms with E-state index in [1.165, 1.54) is 45.6 Å². The Kier molecular flexibility index (Phi) is 11.8. The van der Waals surface area contributed by atoms with Crippen LogP contribution in [0.3, 0.4) is 0 Å². The van der Waals surface area contributed by atoms with Gasteiger partial charge in [-0.1, -0.05) is 66.2 Å². The number of nitrogens with one attached hydrogen (secondary N) is 1. The lowest BCUT2D eigenvalue weighted by Gasteiger charge is -2.27. The van der Waals surface area contributed by atoms with Crippen LogP contribution in [-0.2, 0) is 9.53 Å². The van der Waals surface area contributed by atoms with Gasteiger partial charge in [-0.2, -0.15) is 0 Å². The van der Waals surface area contributed by atoms with Crippen LogP contribution in [0.2, 0.25) is 0 Å². The summed E-state index contributed by atoms with van der Waals surface area (Å²) >= 11 is 0. The van der Waals surface area contributed by atoms with Crippen LogP contribution in [0, 0.1) is 5.92 Å². The molecule has 1 unspecified atom stereocenters. The number of unbranched alkanes of at least 4 members (excludes halogenated alkanes) is 4. The maximum Gasteiger partial charge on any atom is 0.323 e. The lowest BCUT2D eigenvalue weighted by atomic mass is 9.98. The number of carbonyl (C=O) groups excluding carboxylic acids is 1. The Hall–Kier alpha value is -0.570. The van der Waals surface area contributed by atoms with E-state index in [0.29, 0.717) is 6.04 Å². The number of esters is 1. The van der Waals surface area contributed by atoms with Crippen molar-refractivity contribution in [1.82, 2.24) is 5.32 Å². The highest BCUT2D eigenvalue weighted by molar-refractivity contribution is 5.75. The van der Waals surface area contributed by atoms with Gasteiger partial charge >= 0.3 is 5.97 Å². The molecule has 0 radical (unpaired) electrons. The lowest BCUT2D eigenvalue weighted by Crippen LogP contribution is -2.47. The highest BCUT2D eigenvalue weighted by Crippen LogP contribution is 2.14. The molecule has 0 aliphatic heterocycles. The lowest BCUT2D eigenvalue weighted by molar-refractivity contribution is -0.144. The van der Waals surface area contributed by atoms with Crippen LogP contribution >= 0.6 is 0 Å². The predicted octanol–water partition coefficient (Wildman–Crippen LogP) is 4.30. The molecule has 3 heteroatoms. The van der Waals surface area contributed by atoms with Crippen LogP contribution in [0.4, 0.5) is 0 Å². The molecule has 0 aromatic heterocycles. The Morgan fingerprint density at radius 1 is 1.00 bits per heavy atom. The van der Waals surface area contributed by atoms with E-state index >= 15 is 0 Å². The van der Waals surface area contributed by atoms with Crippen LogP contribution in [0.5, 0.6) is 0 Å². The van der Waals surface area contributed by atoms with Crippen molar-refractivity contribution < 1.29 is 9.53 Å². The monoisotopic (exact) mass is 285 g/mol. The number of hydrogen-bond acceptors (Lipinski definition) is 3.